The summed E-state index contributed by atoms with van der Waals surface area (Å²) in [4.78, 5) is 16.2. The molecule has 0 aliphatic carbocycles. The van der Waals surface area contributed by atoms with Gasteiger partial charge in [-0.3, -0.25) is 4.79 Å². The second kappa shape index (κ2) is 7.88. The highest BCUT2D eigenvalue weighted by atomic mass is 35.5. The minimum Gasteiger partial charge on any atom is -0.336 e. The summed E-state index contributed by atoms with van der Waals surface area (Å²) in [5.74, 6) is -0.0493. The predicted molar refractivity (Wildman–Crippen MR) is 117 cm³/mol. The molecule has 0 N–H and O–H groups in total. The Morgan fingerprint density at radius 2 is 1.69 bits per heavy atom. The molecule has 0 spiro atoms. The summed E-state index contributed by atoms with van der Waals surface area (Å²) in [5, 5.41) is 0.901. The third-order valence-electron chi connectivity index (χ3n) is 5.09. The molecule has 3 aromatic heterocycles. The molecule has 0 atom stereocenters. The highest BCUT2D eigenvalue weighted by Crippen LogP contribution is 2.33. The molecule has 154 valence electrons. The van der Waals surface area contributed by atoms with E-state index in [-0.39, 0.29) is 23.2 Å². The van der Waals surface area contributed by atoms with Crippen LogP contribution >= 0.6 is 34.3 Å². The van der Waals surface area contributed by atoms with Crippen LogP contribution in [0.2, 0.25) is 4.34 Å². The molecule has 0 bridgehead atoms. The number of carbonyl (C=O) groups is 1. The predicted octanol–water partition coefficient (Wildman–Crippen LogP) is 4.02. The highest BCUT2D eigenvalue weighted by molar-refractivity contribution is 7.91. The number of hydrogen-bond donors (Lipinski definition) is 0. The average molecular weight is 470 g/mol. The first-order valence-corrected chi connectivity index (χ1v) is 12.5. The lowest BCUT2D eigenvalue weighted by Crippen LogP contribution is -2.50. The van der Waals surface area contributed by atoms with Crippen molar-refractivity contribution in [2.45, 2.75) is 18.1 Å². The van der Waals surface area contributed by atoms with Crippen LogP contribution in [0.4, 0.5) is 0 Å². The van der Waals surface area contributed by atoms with E-state index in [1.165, 1.54) is 10.4 Å². The molecule has 1 amide bonds. The molecule has 6 nitrogen and oxygen atoms in total. The maximum atomic E-state index is 13.3. The van der Waals surface area contributed by atoms with Gasteiger partial charge in [-0.2, -0.15) is 4.31 Å². The van der Waals surface area contributed by atoms with Crippen molar-refractivity contribution in [1.82, 2.24) is 13.8 Å². The highest BCUT2D eigenvalue weighted by Gasteiger charge is 2.33. The van der Waals surface area contributed by atoms with Crippen molar-refractivity contribution in [2.24, 2.45) is 0 Å². The number of piperazine rings is 1. The maximum Gasteiger partial charge on any atom is 0.257 e. The Kier molecular flexibility index (Phi) is 5.60. The average Bonchev–Trinajstić information content (AvgIpc) is 3.43. The van der Waals surface area contributed by atoms with Gasteiger partial charge < -0.3 is 9.47 Å². The molecule has 0 unspecified atom stereocenters. The number of amides is 1. The molecule has 0 radical (unpaired) electrons. The fourth-order valence-electron chi connectivity index (χ4n) is 3.37. The van der Waals surface area contributed by atoms with Gasteiger partial charge in [-0.25, -0.2) is 8.42 Å². The standard InChI is InChI=1S/C19H20ClN3O3S3/c1-13-14(2)27-19(22-7-3-4-8-22)17(13)18(24)21-9-11-23(12-10-21)29(25,26)16-6-5-15(20)28-16/h3-8H,9-12H2,1-2H3. The first kappa shape index (κ1) is 20.6. The first-order chi connectivity index (χ1) is 13.8. The van der Waals surface area contributed by atoms with Crippen LogP contribution in [0, 0.1) is 13.8 Å². The molecular formula is C19H20ClN3O3S3. The molecular weight excluding hydrogens is 450 g/mol. The van der Waals surface area contributed by atoms with Crippen LogP contribution < -0.4 is 0 Å². The van der Waals surface area contributed by atoms with Gasteiger partial charge in [-0.1, -0.05) is 11.6 Å². The van der Waals surface area contributed by atoms with E-state index in [9.17, 15) is 13.2 Å². The molecule has 4 heterocycles. The van der Waals surface area contributed by atoms with E-state index in [2.05, 4.69) is 0 Å². The lowest BCUT2D eigenvalue weighted by Gasteiger charge is -2.34. The number of halogens is 1. The number of hydrogen-bond acceptors (Lipinski definition) is 5. The second-order valence-electron chi connectivity index (χ2n) is 6.81. The number of carbonyl (C=O) groups excluding carboxylic acids is 1. The zero-order valence-corrected chi connectivity index (χ0v) is 19.2. The van der Waals surface area contributed by atoms with E-state index in [0.29, 0.717) is 23.0 Å². The normalized spacial score (nSPS) is 15.8. The van der Waals surface area contributed by atoms with Gasteiger partial charge in [0.05, 0.1) is 9.90 Å². The van der Waals surface area contributed by atoms with Gasteiger partial charge in [0, 0.05) is 43.4 Å². The lowest BCUT2D eigenvalue weighted by molar-refractivity contribution is 0.0698. The molecule has 1 aliphatic heterocycles. The molecule has 1 fully saturated rings. The summed E-state index contributed by atoms with van der Waals surface area (Å²) in [6.45, 7) is 5.23. The van der Waals surface area contributed by atoms with Gasteiger partial charge in [-0.15, -0.1) is 22.7 Å². The molecule has 1 saturated heterocycles. The van der Waals surface area contributed by atoms with E-state index in [0.717, 1.165) is 26.8 Å². The fraction of sp³-hybridized carbons (Fsp3) is 0.316. The summed E-state index contributed by atoms with van der Waals surface area (Å²) < 4.78 is 29.6. The fourth-order valence-corrected chi connectivity index (χ4v) is 7.54. The number of aromatic nitrogens is 1. The van der Waals surface area contributed by atoms with Crippen LogP contribution in [0.15, 0.2) is 40.9 Å². The first-order valence-electron chi connectivity index (χ1n) is 9.07. The van der Waals surface area contributed by atoms with Crippen LogP contribution in [-0.4, -0.2) is 54.3 Å². The zero-order valence-electron chi connectivity index (χ0n) is 16.0. The Labute approximate surface area is 183 Å². The number of sulfonamides is 1. The van der Waals surface area contributed by atoms with Crippen molar-refractivity contribution in [3.63, 3.8) is 0 Å². The van der Waals surface area contributed by atoms with Gasteiger partial charge in [0.2, 0.25) is 0 Å². The van der Waals surface area contributed by atoms with E-state index >= 15 is 0 Å². The van der Waals surface area contributed by atoms with Gasteiger partial charge >= 0.3 is 0 Å². The molecule has 1 aliphatic rings. The van der Waals surface area contributed by atoms with Gasteiger partial charge in [0.15, 0.2) is 0 Å². The summed E-state index contributed by atoms with van der Waals surface area (Å²) in [6, 6.07) is 6.97. The van der Waals surface area contributed by atoms with Crippen molar-refractivity contribution in [2.75, 3.05) is 26.2 Å². The SMILES string of the molecule is Cc1sc(-n2cccc2)c(C(=O)N2CCN(S(=O)(=O)c3ccc(Cl)s3)CC2)c1C. The third-order valence-corrected chi connectivity index (χ3v) is 9.91. The van der Waals surface area contributed by atoms with E-state index in [1.807, 2.05) is 42.9 Å². The van der Waals surface area contributed by atoms with E-state index in [1.54, 1.807) is 22.3 Å². The van der Waals surface area contributed by atoms with Crippen LogP contribution in [0.3, 0.4) is 0 Å². The minimum absolute atomic E-state index is 0.0493. The molecule has 4 rings (SSSR count). The quantitative estimate of drug-likeness (QED) is 0.579. The molecule has 29 heavy (non-hydrogen) atoms. The Morgan fingerprint density at radius 3 is 2.28 bits per heavy atom. The number of aryl methyl sites for hydroxylation is 1. The molecule has 0 aromatic carbocycles. The van der Waals surface area contributed by atoms with Crippen LogP contribution in [0.5, 0.6) is 0 Å². The zero-order chi connectivity index (χ0) is 20.8. The number of thiophene rings is 2. The summed E-state index contributed by atoms with van der Waals surface area (Å²) in [5.41, 5.74) is 1.68. The van der Waals surface area contributed by atoms with Crippen molar-refractivity contribution in [1.29, 1.82) is 0 Å². The van der Waals surface area contributed by atoms with Crippen LogP contribution in [0.1, 0.15) is 20.8 Å². The molecule has 10 heteroatoms. The van der Waals surface area contributed by atoms with Crippen molar-refractivity contribution in [3.8, 4) is 5.00 Å². The lowest BCUT2D eigenvalue weighted by atomic mass is 10.1. The topological polar surface area (TPSA) is 62.6 Å². The van der Waals surface area contributed by atoms with Crippen LogP contribution in [-0.2, 0) is 10.0 Å². The Bertz CT molecular complexity index is 1140. The van der Waals surface area contributed by atoms with E-state index < -0.39 is 10.0 Å². The van der Waals surface area contributed by atoms with Crippen molar-refractivity contribution >= 4 is 50.2 Å². The monoisotopic (exact) mass is 469 g/mol. The Hall–Kier alpha value is -1.65. The van der Waals surface area contributed by atoms with Crippen LogP contribution in [0.25, 0.3) is 5.00 Å². The second-order valence-corrected chi connectivity index (χ2v) is 11.9. The van der Waals surface area contributed by atoms with Gasteiger partial charge in [0.1, 0.15) is 9.21 Å². The van der Waals surface area contributed by atoms with E-state index in [4.69, 9.17) is 11.6 Å². The molecule has 0 saturated carbocycles. The summed E-state index contributed by atoms with van der Waals surface area (Å²) in [6.07, 6.45) is 3.86. The van der Waals surface area contributed by atoms with Gasteiger partial charge in [-0.05, 0) is 43.7 Å². The maximum absolute atomic E-state index is 13.3. The largest absolute Gasteiger partial charge is 0.336 e. The van der Waals surface area contributed by atoms with Gasteiger partial charge in [0.25, 0.3) is 15.9 Å². The summed E-state index contributed by atoms with van der Waals surface area (Å²) in [7, 11) is -3.58. The third kappa shape index (κ3) is 3.77. The van der Waals surface area contributed by atoms with Crippen molar-refractivity contribution in [3.05, 3.63) is 57.0 Å². The smallest absolute Gasteiger partial charge is 0.257 e. The number of nitrogens with zero attached hydrogens (tertiary/aromatic N) is 3. The van der Waals surface area contributed by atoms with Crippen molar-refractivity contribution < 1.29 is 13.2 Å². The minimum atomic E-state index is -3.58. The Balaban J connectivity index is 1.53. The summed E-state index contributed by atoms with van der Waals surface area (Å²) >= 11 is 8.54. The Morgan fingerprint density at radius 1 is 1.03 bits per heavy atom. The molecule has 3 aromatic rings. The number of rotatable bonds is 4.